The summed E-state index contributed by atoms with van der Waals surface area (Å²) in [6.45, 7) is -0.335. The molecule has 6 nitrogen and oxygen atoms in total. The van der Waals surface area contributed by atoms with Crippen molar-refractivity contribution in [2.24, 2.45) is 0 Å². The molecule has 0 bridgehead atoms. The van der Waals surface area contributed by atoms with Crippen LogP contribution in [-0.4, -0.2) is 22.6 Å². The zero-order valence-electron chi connectivity index (χ0n) is 9.25. The topological polar surface area (TPSA) is 99.2 Å². The number of nitrogens with one attached hydrogen (secondary N) is 1. The maximum Gasteiger partial charge on any atom is 0.322 e. The maximum atomic E-state index is 10.4. The van der Waals surface area contributed by atoms with Crippen molar-refractivity contribution in [3.8, 4) is 17.5 Å². The van der Waals surface area contributed by atoms with E-state index in [9.17, 15) is 4.79 Å². The highest BCUT2D eigenvalue weighted by Gasteiger charge is 2.14. The van der Waals surface area contributed by atoms with Gasteiger partial charge in [-0.25, -0.2) is 0 Å². The summed E-state index contributed by atoms with van der Waals surface area (Å²) in [6.07, 6.45) is 0. The summed E-state index contributed by atoms with van der Waals surface area (Å²) < 4.78 is 5.33. The van der Waals surface area contributed by atoms with Crippen LogP contribution >= 0.6 is 0 Å². The van der Waals surface area contributed by atoms with Gasteiger partial charge in [0, 0.05) is 5.56 Å². The number of hydrogen-bond acceptors (Lipinski definition) is 5. The summed E-state index contributed by atoms with van der Waals surface area (Å²) in [5, 5.41) is 19.9. The highest BCUT2D eigenvalue weighted by atomic mass is 16.4. The number of nitrogens with zero attached hydrogens (tertiary/aromatic N) is 2. The Morgan fingerprint density at radius 2 is 2.17 bits per heavy atom. The van der Waals surface area contributed by atoms with Crippen LogP contribution in [0.15, 0.2) is 34.7 Å². The molecule has 0 amide bonds. The van der Waals surface area contributed by atoms with Crippen LogP contribution in [0, 0.1) is 11.3 Å². The minimum atomic E-state index is -1.04. The Balaban J connectivity index is 2.30. The minimum Gasteiger partial charge on any atom is -0.480 e. The van der Waals surface area contributed by atoms with E-state index in [-0.39, 0.29) is 24.0 Å². The zero-order valence-corrected chi connectivity index (χ0v) is 9.25. The quantitative estimate of drug-likeness (QED) is 0.847. The molecule has 0 aliphatic rings. The van der Waals surface area contributed by atoms with Crippen molar-refractivity contribution < 1.29 is 14.3 Å². The van der Waals surface area contributed by atoms with Crippen LogP contribution in [-0.2, 0) is 4.79 Å². The number of aliphatic carboxylic acids is 1. The first-order valence-electron chi connectivity index (χ1n) is 5.12. The molecule has 2 aromatic rings. The SMILES string of the molecule is N#Cc1nc(-c2ccccc2)oc1NCC(=O)O. The van der Waals surface area contributed by atoms with E-state index in [1.54, 1.807) is 12.1 Å². The number of hydrogen-bond donors (Lipinski definition) is 2. The van der Waals surface area contributed by atoms with Crippen LogP contribution in [0.4, 0.5) is 5.88 Å². The number of benzene rings is 1. The van der Waals surface area contributed by atoms with Gasteiger partial charge in [-0.3, -0.25) is 4.79 Å². The predicted octanol–water partition coefficient (Wildman–Crippen LogP) is 1.71. The van der Waals surface area contributed by atoms with Crippen LogP contribution in [0.3, 0.4) is 0 Å². The summed E-state index contributed by atoms with van der Waals surface area (Å²) >= 11 is 0. The van der Waals surface area contributed by atoms with Crippen LogP contribution in [0.1, 0.15) is 5.69 Å². The van der Waals surface area contributed by atoms with E-state index in [0.29, 0.717) is 0 Å². The van der Waals surface area contributed by atoms with E-state index in [1.807, 2.05) is 24.3 Å². The molecule has 18 heavy (non-hydrogen) atoms. The van der Waals surface area contributed by atoms with E-state index >= 15 is 0 Å². The van der Waals surface area contributed by atoms with Crippen LogP contribution < -0.4 is 5.32 Å². The lowest BCUT2D eigenvalue weighted by Gasteiger charge is -1.97. The number of carboxylic acid groups (broad SMARTS) is 1. The van der Waals surface area contributed by atoms with Gasteiger partial charge in [-0.05, 0) is 12.1 Å². The predicted molar refractivity (Wildman–Crippen MR) is 62.8 cm³/mol. The third kappa shape index (κ3) is 2.47. The molecule has 0 atom stereocenters. The van der Waals surface area contributed by atoms with Crippen molar-refractivity contribution in [3.63, 3.8) is 0 Å². The zero-order chi connectivity index (χ0) is 13.0. The van der Waals surface area contributed by atoms with Crippen molar-refractivity contribution in [3.05, 3.63) is 36.0 Å². The van der Waals surface area contributed by atoms with Gasteiger partial charge in [0.1, 0.15) is 12.6 Å². The summed E-state index contributed by atoms with van der Waals surface area (Å²) in [5.41, 5.74) is 0.757. The Morgan fingerprint density at radius 3 is 2.78 bits per heavy atom. The number of anilines is 1. The fourth-order valence-corrected chi connectivity index (χ4v) is 1.38. The molecule has 1 heterocycles. The van der Waals surface area contributed by atoms with Crippen molar-refractivity contribution in [1.82, 2.24) is 4.98 Å². The van der Waals surface area contributed by atoms with Crippen molar-refractivity contribution in [2.45, 2.75) is 0 Å². The molecule has 6 heteroatoms. The molecule has 2 rings (SSSR count). The third-order valence-corrected chi connectivity index (χ3v) is 2.15. The average molecular weight is 243 g/mol. The molecule has 0 saturated carbocycles. The molecule has 0 saturated heterocycles. The van der Waals surface area contributed by atoms with Gasteiger partial charge in [0.05, 0.1) is 0 Å². The molecule has 2 N–H and O–H groups in total. The smallest absolute Gasteiger partial charge is 0.322 e. The van der Waals surface area contributed by atoms with Gasteiger partial charge < -0.3 is 14.8 Å². The van der Waals surface area contributed by atoms with Gasteiger partial charge in [0.15, 0.2) is 0 Å². The summed E-state index contributed by atoms with van der Waals surface area (Å²) in [7, 11) is 0. The Kier molecular flexibility index (Phi) is 3.25. The lowest BCUT2D eigenvalue weighted by molar-refractivity contribution is -0.134. The fraction of sp³-hybridized carbons (Fsp3) is 0.0833. The van der Waals surface area contributed by atoms with Gasteiger partial charge in [0.2, 0.25) is 17.5 Å². The van der Waals surface area contributed by atoms with Gasteiger partial charge in [-0.15, -0.1) is 0 Å². The molecule has 0 aliphatic carbocycles. The van der Waals surface area contributed by atoms with Gasteiger partial charge in [0.25, 0.3) is 0 Å². The normalized spacial score (nSPS) is 9.72. The van der Waals surface area contributed by atoms with Gasteiger partial charge in [-0.1, -0.05) is 18.2 Å². The maximum absolute atomic E-state index is 10.4. The molecule has 0 aliphatic heterocycles. The van der Waals surface area contributed by atoms with E-state index in [4.69, 9.17) is 14.8 Å². The minimum absolute atomic E-state index is 0.0371. The van der Waals surface area contributed by atoms with Crippen molar-refractivity contribution >= 4 is 11.9 Å². The Labute approximate surface area is 102 Å². The first-order chi connectivity index (χ1) is 8.70. The fourth-order valence-electron chi connectivity index (χ4n) is 1.38. The third-order valence-electron chi connectivity index (χ3n) is 2.15. The molecule has 0 fully saturated rings. The monoisotopic (exact) mass is 243 g/mol. The average Bonchev–Trinajstić information content (AvgIpc) is 2.80. The molecule has 1 aromatic carbocycles. The van der Waals surface area contributed by atoms with Crippen molar-refractivity contribution in [1.29, 1.82) is 5.26 Å². The number of rotatable bonds is 4. The van der Waals surface area contributed by atoms with E-state index in [1.165, 1.54) is 0 Å². The van der Waals surface area contributed by atoms with Crippen LogP contribution in [0.25, 0.3) is 11.5 Å². The highest BCUT2D eigenvalue weighted by molar-refractivity contribution is 5.73. The highest BCUT2D eigenvalue weighted by Crippen LogP contribution is 2.24. The lowest BCUT2D eigenvalue weighted by Crippen LogP contribution is -2.12. The summed E-state index contributed by atoms with van der Waals surface area (Å²) in [5.74, 6) is -0.699. The Morgan fingerprint density at radius 1 is 1.44 bits per heavy atom. The first kappa shape index (κ1) is 11.7. The van der Waals surface area contributed by atoms with Crippen LogP contribution in [0.5, 0.6) is 0 Å². The summed E-state index contributed by atoms with van der Waals surface area (Å²) in [4.78, 5) is 14.4. The number of aromatic nitrogens is 1. The molecule has 0 radical (unpaired) electrons. The number of carboxylic acids is 1. The Hall–Kier alpha value is -2.81. The van der Waals surface area contributed by atoms with E-state index in [2.05, 4.69) is 10.3 Å². The second kappa shape index (κ2) is 5.01. The lowest BCUT2D eigenvalue weighted by atomic mass is 10.2. The number of carbonyl (C=O) groups is 1. The standard InChI is InChI=1S/C12H9N3O3/c13-6-9-12(14-7-10(16)17)18-11(15-9)8-4-2-1-3-5-8/h1-5,14H,7H2,(H,16,17). The number of oxazole rings is 1. The molecular formula is C12H9N3O3. The van der Waals surface area contributed by atoms with Gasteiger partial charge >= 0.3 is 5.97 Å². The second-order valence-electron chi connectivity index (χ2n) is 3.42. The molecule has 0 unspecified atom stereocenters. The summed E-state index contributed by atoms with van der Waals surface area (Å²) in [6, 6.07) is 10.9. The first-order valence-corrected chi connectivity index (χ1v) is 5.12. The largest absolute Gasteiger partial charge is 0.480 e. The Bertz CT molecular complexity index is 599. The number of nitriles is 1. The van der Waals surface area contributed by atoms with E-state index < -0.39 is 5.97 Å². The van der Waals surface area contributed by atoms with Crippen molar-refractivity contribution in [2.75, 3.05) is 11.9 Å². The second-order valence-corrected chi connectivity index (χ2v) is 3.42. The van der Waals surface area contributed by atoms with Gasteiger partial charge in [-0.2, -0.15) is 10.2 Å². The van der Waals surface area contributed by atoms with Crippen LogP contribution in [0.2, 0.25) is 0 Å². The molecule has 0 spiro atoms. The van der Waals surface area contributed by atoms with E-state index in [0.717, 1.165) is 5.56 Å². The molecule has 1 aromatic heterocycles. The molecule has 90 valence electrons. The molecular weight excluding hydrogens is 234 g/mol.